The van der Waals surface area contributed by atoms with Crippen molar-refractivity contribution in [2.75, 3.05) is 0 Å². The summed E-state index contributed by atoms with van der Waals surface area (Å²) in [6.45, 7) is 2.02. The van der Waals surface area contributed by atoms with Crippen LogP contribution < -0.4 is 0 Å². The normalized spacial score (nSPS) is 14.2. The molecule has 0 spiro atoms. The quantitative estimate of drug-likeness (QED) is 0.717. The Morgan fingerprint density at radius 2 is 1.83 bits per heavy atom. The van der Waals surface area contributed by atoms with Gasteiger partial charge in [0.05, 0.1) is 9.85 Å². The molecule has 1 heterocycles. The molecule has 0 radical (unpaired) electrons. The second-order valence-corrected chi connectivity index (χ2v) is 5.47. The summed E-state index contributed by atoms with van der Waals surface area (Å²) in [4.78, 5) is 3.98. The highest BCUT2D eigenvalue weighted by atomic mass is 79.9. The Morgan fingerprint density at radius 3 is 2.44 bits per heavy atom. The summed E-state index contributed by atoms with van der Waals surface area (Å²) in [5.74, 6) is -0.199. The van der Waals surface area contributed by atoms with E-state index in [4.69, 9.17) is 11.6 Å². The lowest BCUT2D eigenvalue weighted by molar-refractivity contribution is 0.615. The minimum absolute atomic E-state index is 0.0928. The molecule has 2 unspecified atom stereocenters. The lowest BCUT2D eigenvalue weighted by Crippen LogP contribution is -2.03. The van der Waals surface area contributed by atoms with Crippen molar-refractivity contribution in [2.45, 2.75) is 18.2 Å². The topological polar surface area (TPSA) is 12.9 Å². The number of nitrogens with zero attached hydrogens (tertiary/aromatic N) is 1. The minimum Gasteiger partial charge on any atom is -0.265 e. The molecule has 0 aliphatic heterocycles. The fraction of sp³-hybridized carbons (Fsp3) is 0.214. The zero-order chi connectivity index (χ0) is 13.1. The third kappa shape index (κ3) is 2.90. The van der Waals surface area contributed by atoms with E-state index >= 15 is 0 Å². The van der Waals surface area contributed by atoms with E-state index in [0.717, 1.165) is 11.1 Å². The van der Waals surface area contributed by atoms with E-state index in [-0.39, 0.29) is 17.1 Å². The molecule has 2 aromatic rings. The molecule has 94 valence electrons. The van der Waals surface area contributed by atoms with Crippen molar-refractivity contribution in [3.63, 3.8) is 0 Å². The van der Waals surface area contributed by atoms with E-state index in [1.165, 1.54) is 6.07 Å². The highest BCUT2D eigenvalue weighted by Gasteiger charge is 2.19. The maximum absolute atomic E-state index is 13.5. The highest BCUT2D eigenvalue weighted by molar-refractivity contribution is 9.10. The van der Waals surface area contributed by atoms with Gasteiger partial charge < -0.3 is 0 Å². The Kier molecular flexibility index (Phi) is 4.36. The largest absolute Gasteiger partial charge is 0.265 e. The summed E-state index contributed by atoms with van der Waals surface area (Å²) in [7, 11) is 0. The van der Waals surface area contributed by atoms with Crippen LogP contribution in [-0.2, 0) is 0 Å². The number of pyridine rings is 1. The number of hydrogen-bond donors (Lipinski definition) is 0. The fourth-order valence-corrected chi connectivity index (χ4v) is 2.34. The van der Waals surface area contributed by atoms with Crippen molar-refractivity contribution >= 4 is 27.5 Å². The van der Waals surface area contributed by atoms with Crippen molar-refractivity contribution in [3.8, 4) is 0 Å². The molecule has 0 aliphatic carbocycles. The molecule has 0 saturated heterocycles. The smallest absolute Gasteiger partial charge is 0.137 e. The number of rotatable bonds is 3. The highest BCUT2D eigenvalue weighted by Crippen LogP contribution is 2.36. The van der Waals surface area contributed by atoms with Gasteiger partial charge in [0, 0.05) is 18.3 Å². The maximum atomic E-state index is 13.5. The van der Waals surface area contributed by atoms with Crippen LogP contribution in [0.1, 0.15) is 29.3 Å². The van der Waals surface area contributed by atoms with Gasteiger partial charge in [0.25, 0.3) is 0 Å². The Balaban J connectivity index is 2.25. The summed E-state index contributed by atoms with van der Waals surface area (Å²) < 4.78 is 13.9. The van der Waals surface area contributed by atoms with E-state index < -0.39 is 0 Å². The molecule has 2 atom stereocenters. The van der Waals surface area contributed by atoms with Gasteiger partial charge in [-0.25, -0.2) is 4.39 Å². The molecule has 0 saturated carbocycles. The number of benzene rings is 1. The van der Waals surface area contributed by atoms with Crippen LogP contribution in [0.4, 0.5) is 4.39 Å². The van der Waals surface area contributed by atoms with Crippen LogP contribution in [0.15, 0.2) is 47.2 Å². The SMILES string of the molecule is CC(c1ccncc1)C(Cl)c1ccc(Br)c(F)c1. The Bertz CT molecular complexity index is 533. The molecule has 0 bridgehead atoms. The molecular weight excluding hydrogens is 317 g/mol. The molecule has 1 nitrogen and oxygen atoms in total. The second kappa shape index (κ2) is 5.81. The predicted molar refractivity (Wildman–Crippen MR) is 75.3 cm³/mol. The van der Waals surface area contributed by atoms with Crippen molar-refractivity contribution < 1.29 is 4.39 Å². The van der Waals surface area contributed by atoms with Gasteiger partial charge in [0.1, 0.15) is 5.82 Å². The van der Waals surface area contributed by atoms with Gasteiger partial charge in [0.15, 0.2) is 0 Å². The van der Waals surface area contributed by atoms with Gasteiger partial charge in [-0.1, -0.05) is 13.0 Å². The van der Waals surface area contributed by atoms with Gasteiger partial charge in [-0.05, 0) is 51.3 Å². The zero-order valence-electron chi connectivity index (χ0n) is 9.78. The first-order valence-electron chi connectivity index (χ1n) is 5.58. The van der Waals surface area contributed by atoms with Gasteiger partial charge in [-0.15, -0.1) is 11.6 Å². The Hall–Kier alpha value is -0.930. The van der Waals surface area contributed by atoms with Crippen LogP contribution in [0.2, 0.25) is 0 Å². The van der Waals surface area contributed by atoms with Gasteiger partial charge >= 0.3 is 0 Å². The molecule has 1 aromatic heterocycles. The maximum Gasteiger partial charge on any atom is 0.137 e. The molecule has 0 fully saturated rings. The lowest BCUT2D eigenvalue weighted by Gasteiger charge is -2.19. The molecule has 1 aromatic carbocycles. The van der Waals surface area contributed by atoms with E-state index in [9.17, 15) is 4.39 Å². The average molecular weight is 329 g/mol. The molecular formula is C14H12BrClFN. The van der Waals surface area contributed by atoms with Crippen LogP contribution in [0.25, 0.3) is 0 Å². The summed E-state index contributed by atoms with van der Waals surface area (Å²) >= 11 is 9.55. The number of alkyl halides is 1. The van der Waals surface area contributed by atoms with E-state index in [1.54, 1.807) is 18.5 Å². The van der Waals surface area contributed by atoms with Crippen LogP contribution in [0.5, 0.6) is 0 Å². The average Bonchev–Trinajstić information content (AvgIpc) is 2.41. The number of aromatic nitrogens is 1. The predicted octanol–water partition coefficient (Wildman–Crippen LogP) is 5.07. The molecule has 0 aliphatic rings. The van der Waals surface area contributed by atoms with Crippen molar-refractivity contribution in [1.29, 1.82) is 0 Å². The van der Waals surface area contributed by atoms with Crippen LogP contribution in [0, 0.1) is 5.82 Å². The number of halogens is 3. The van der Waals surface area contributed by atoms with E-state index in [0.29, 0.717) is 4.47 Å². The third-order valence-corrected chi connectivity index (χ3v) is 4.21. The first-order valence-corrected chi connectivity index (χ1v) is 6.81. The monoisotopic (exact) mass is 327 g/mol. The minimum atomic E-state index is -0.292. The lowest BCUT2D eigenvalue weighted by atomic mass is 9.94. The summed E-state index contributed by atoms with van der Waals surface area (Å²) in [6.07, 6.45) is 3.47. The van der Waals surface area contributed by atoms with E-state index in [2.05, 4.69) is 20.9 Å². The molecule has 4 heteroatoms. The Labute approximate surface area is 119 Å². The first-order chi connectivity index (χ1) is 8.59. The molecule has 2 rings (SSSR count). The van der Waals surface area contributed by atoms with Gasteiger partial charge in [-0.2, -0.15) is 0 Å². The van der Waals surface area contributed by atoms with Crippen LogP contribution in [0.3, 0.4) is 0 Å². The fourth-order valence-electron chi connectivity index (χ4n) is 1.81. The zero-order valence-corrected chi connectivity index (χ0v) is 12.1. The van der Waals surface area contributed by atoms with Crippen molar-refractivity contribution in [2.24, 2.45) is 0 Å². The summed E-state index contributed by atoms with van der Waals surface area (Å²) in [5.41, 5.74) is 1.87. The van der Waals surface area contributed by atoms with Gasteiger partial charge in [0.2, 0.25) is 0 Å². The number of hydrogen-bond acceptors (Lipinski definition) is 1. The molecule has 0 N–H and O–H groups in total. The summed E-state index contributed by atoms with van der Waals surface area (Å²) in [5, 5.41) is -0.269. The van der Waals surface area contributed by atoms with Crippen molar-refractivity contribution in [3.05, 3.63) is 64.1 Å². The first kappa shape index (κ1) is 13.5. The second-order valence-electron chi connectivity index (χ2n) is 4.14. The Morgan fingerprint density at radius 1 is 1.17 bits per heavy atom. The molecule has 18 heavy (non-hydrogen) atoms. The molecule has 0 amide bonds. The van der Waals surface area contributed by atoms with Crippen LogP contribution >= 0.6 is 27.5 Å². The standard InChI is InChI=1S/C14H12BrClFN/c1-9(10-4-6-18-7-5-10)14(16)11-2-3-12(15)13(17)8-11/h2-9,14H,1H3. The van der Waals surface area contributed by atoms with Gasteiger partial charge in [-0.3, -0.25) is 4.98 Å². The third-order valence-electron chi connectivity index (χ3n) is 2.93. The summed E-state index contributed by atoms with van der Waals surface area (Å²) in [6, 6.07) is 8.84. The van der Waals surface area contributed by atoms with E-state index in [1.807, 2.05) is 25.1 Å². The van der Waals surface area contributed by atoms with Crippen molar-refractivity contribution in [1.82, 2.24) is 4.98 Å². The van der Waals surface area contributed by atoms with Crippen LogP contribution in [-0.4, -0.2) is 4.98 Å².